The van der Waals surface area contributed by atoms with E-state index < -0.39 is 5.97 Å². The van der Waals surface area contributed by atoms with Gasteiger partial charge in [0.1, 0.15) is 5.69 Å². The Hall–Kier alpha value is -2.56. The van der Waals surface area contributed by atoms with Gasteiger partial charge in [0.05, 0.1) is 22.7 Å². The third kappa shape index (κ3) is 3.66. The van der Waals surface area contributed by atoms with E-state index in [1.54, 1.807) is 42.6 Å². The molecule has 0 saturated carbocycles. The molecule has 26 heavy (non-hydrogen) atoms. The third-order valence-electron chi connectivity index (χ3n) is 3.99. The number of halogens is 2. The van der Waals surface area contributed by atoms with Gasteiger partial charge in [-0.15, -0.1) is 0 Å². The van der Waals surface area contributed by atoms with Gasteiger partial charge in [0.25, 0.3) is 0 Å². The van der Waals surface area contributed by atoms with Gasteiger partial charge in [-0.1, -0.05) is 59.6 Å². The molecule has 0 radical (unpaired) electrons. The fourth-order valence-corrected chi connectivity index (χ4v) is 3.05. The second-order valence-corrected chi connectivity index (χ2v) is 6.49. The lowest BCUT2D eigenvalue weighted by Gasteiger charge is -2.07. The standard InChI is InChI=1S/C20H15Cl2NO3/c1-26-20(25)18-17(19(24)13-5-3-2-4-6-13)14(11-23-18)9-12-7-8-15(21)16(22)10-12/h2-8,10-11,23H,9H2,1H3. The van der Waals surface area contributed by atoms with Crippen molar-refractivity contribution in [2.24, 2.45) is 0 Å². The van der Waals surface area contributed by atoms with Crippen LogP contribution >= 0.6 is 23.2 Å². The summed E-state index contributed by atoms with van der Waals surface area (Å²) in [6.45, 7) is 0. The van der Waals surface area contributed by atoms with Gasteiger partial charge in [-0.05, 0) is 29.7 Å². The molecule has 0 aliphatic carbocycles. The summed E-state index contributed by atoms with van der Waals surface area (Å²) in [7, 11) is 1.28. The zero-order valence-electron chi connectivity index (χ0n) is 13.9. The van der Waals surface area contributed by atoms with E-state index in [-0.39, 0.29) is 11.5 Å². The summed E-state index contributed by atoms with van der Waals surface area (Å²) in [4.78, 5) is 28.0. The molecule has 0 aliphatic rings. The molecule has 0 saturated heterocycles. The third-order valence-corrected chi connectivity index (χ3v) is 4.73. The highest BCUT2D eigenvalue weighted by molar-refractivity contribution is 6.42. The molecule has 0 aliphatic heterocycles. The van der Waals surface area contributed by atoms with Crippen LogP contribution in [0.2, 0.25) is 10.0 Å². The highest BCUT2D eigenvalue weighted by Gasteiger charge is 2.24. The van der Waals surface area contributed by atoms with Gasteiger partial charge in [0.15, 0.2) is 5.78 Å². The lowest BCUT2D eigenvalue weighted by atomic mass is 9.96. The van der Waals surface area contributed by atoms with Gasteiger partial charge >= 0.3 is 5.97 Å². The number of nitrogens with one attached hydrogen (secondary N) is 1. The normalized spacial score (nSPS) is 10.6. The van der Waals surface area contributed by atoms with Crippen molar-refractivity contribution in [2.75, 3.05) is 7.11 Å². The van der Waals surface area contributed by atoms with E-state index in [4.69, 9.17) is 27.9 Å². The van der Waals surface area contributed by atoms with Crippen molar-refractivity contribution < 1.29 is 14.3 Å². The Kier molecular flexibility index (Phi) is 5.45. The topological polar surface area (TPSA) is 59.2 Å². The fraction of sp³-hybridized carbons (Fsp3) is 0.100. The molecule has 0 fully saturated rings. The number of aromatic amines is 1. The molecule has 0 atom stereocenters. The molecule has 0 spiro atoms. The van der Waals surface area contributed by atoms with E-state index in [0.29, 0.717) is 33.2 Å². The van der Waals surface area contributed by atoms with Crippen molar-refractivity contribution in [3.05, 3.63) is 92.7 Å². The summed E-state index contributed by atoms with van der Waals surface area (Å²) >= 11 is 12.0. The minimum absolute atomic E-state index is 0.136. The average Bonchev–Trinajstić information content (AvgIpc) is 3.07. The van der Waals surface area contributed by atoms with Gasteiger partial charge in [-0.3, -0.25) is 4.79 Å². The Balaban J connectivity index is 2.05. The summed E-state index contributed by atoms with van der Waals surface area (Å²) in [5, 5.41) is 0.893. The van der Waals surface area contributed by atoms with Gasteiger partial charge in [0.2, 0.25) is 0 Å². The maximum atomic E-state index is 13.0. The molecule has 132 valence electrons. The molecule has 1 aromatic heterocycles. The minimum atomic E-state index is -0.593. The lowest BCUT2D eigenvalue weighted by molar-refractivity contribution is 0.0591. The average molecular weight is 388 g/mol. The van der Waals surface area contributed by atoms with Crippen molar-refractivity contribution in [2.45, 2.75) is 6.42 Å². The summed E-state index contributed by atoms with van der Waals surface area (Å²) in [5.41, 5.74) is 2.48. The van der Waals surface area contributed by atoms with E-state index in [9.17, 15) is 9.59 Å². The predicted octanol–water partition coefficient (Wildman–Crippen LogP) is 4.93. The molecule has 1 heterocycles. The summed E-state index contributed by atoms with van der Waals surface area (Å²) in [6, 6.07) is 14.1. The minimum Gasteiger partial charge on any atom is -0.464 e. The van der Waals surface area contributed by atoms with Crippen LogP contribution in [0.25, 0.3) is 0 Å². The van der Waals surface area contributed by atoms with Crippen LogP contribution in [0.3, 0.4) is 0 Å². The van der Waals surface area contributed by atoms with Crippen molar-refractivity contribution in [3.8, 4) is 0 Å². The smallest absolute Gasteiger partial charge is 0.355 e. The van der Waals surface area contributed by atoms with Crippen LogP contribution in [0, 0.1) is 0 Å². The second kappa shape index (κ2) is 7.77. The maximum Gasteiger partial charge on any atom is 0.355 e. The van der Waals surface area contributed by atoms with Crippen molar-refractivity contribution in [3.63, 3.8) is 0 Å². The highest BCUT2D eigenvalue weighted by Crippen LogP contribution is 2.26. The second-order valence-electron chi connectivity index (χ2n) is 5.68. The van der Waals surface area contributed by atoms with Crippen LogP contribution in [-0.2, 0) is 11.2 Å². The molecule has 2 aromatic carbocycles. The van der Waals surface area contributed by atoms with E-state index >= 15 is 0 Å². The Labute approximate surface area is 160 Å². The fourth-order valence-electron chi connectivity index (χ4n) is 2.73. The summed E-state index contributed by atoms with van der Waals surface area (Å²) in [5.74, 6) is -0.841. The van der Waals surface area contributed by atoms with Gasteiger partial charge in [-0.25, -0.2) is 4.79 Å². The van der Waals surface area contributed by atoms with E-state index in [2.05, 4.69) is 4.98 Å². The van der Waals surface area contributed by atoms with Crippen LogP contribution in [-0.4, -0.2) is 23.8 Å². The SMILES string of the molecule is COC(=O)c1[nH]cc(Cc2ccc(Cl)c(Cl)c2)c1C(=O)c1ccccc1. The molecule has 6 heteroatoms. The number of H-pyrrole nitrogens is 1. The van der Waals surface area contributed by atoms with Gasteiger partial charge in [-0.2, -0.15) is 0 Å². The molecule has 1 N–H and O–H groups in total. The molecule has 3 rings (SSSR count). The summed E-state index contributed by atoms with van der Waals surface area (Å²) in [6.07, 6.45) is 2.06. The largest absolute Gasteiger partial charge is 0.464 e. The first-order valence-electron chi connectivity index (χ1n) is 7.83. The van der Waals surface area contributed by atoms with E-state index in [1.165, 1.54) is 7.11 Å². The first kappa shape index (κ1) is 18.2. The quantitative estimate of drug-likeness (QED) is 0.498. The van der Waals surface area contributed by atoms with Gasteiger partial charge in [0, 0.05) is 11.8 Å². The number of hydrogen-bond donors (Lipinski definition) is 1. The zero-order valence-corrected chi connectivity index (χ0v) is 15.4. The Morgan fingerprint density at radius 3 is 2.42 bits per heavy atom. The molecule has 0 bridgehead atoms. The number of carbonyl (C=O) groups is 2. The molecule has 3 aromatic rings. The first-order chi connectivity index (χ1) is 12.5. The number of methoxy groups -OCH3 is 1. The number of ether oxygens (including phenoxy) is 1. The van der Waals surface area contributed by atoms with Crippen LogP contribution in [0.4, 0.5) is 0 Å². The predicted molar refractivity (Wildman–Crippen MR) is 101 cm³/mol. The molecular weight excluding hydrogens is 373 g/mol. The van der Waals surface area contributed by atoms with Crippen LogP contribution in [0.5, 0.6) is 0 Å². The number of esters is 1. The van der Waals surface area contributed by atoms with Crippen molar-refractivity contribution >= 4 is 35.0 Å². The van der Waals surface area contributed by atoms with Crippen LogP contribution in [0.1, 0.15) is 37.5 Å². The first-order valence-corrected chi connectivity index (χ1v) is 8.59. The number of hydrogen-bond acceptors (Lipinski definition) is 3. The zero-order chi connectivity index (χ0) is 18.7. The Morgan fingerprint density at radius 1 is 1.04 bits per heavy atom. The number of ketones is 1. The number of rotatable bonds is 5. The molecule has 4 nitrogen and oxygen atoms in total. The van der Waals surface area contributed by atoms with Gasteiger partial charge < -0.3 is 9.72 Å². The number of benzene rings is 2. The number of carbonyl (C=O) groups excluding carboxylic acids is 2. The summed E-state index contributed by atoms with van der Waals surface area (Å²) < 4.78 is 4.80. The van der Waals surface area contributed by atoms with Crippen LogP contribution in [0.15, 0.2) is 54.7 Å². The Morgan fingerprint density at radius 2 is 1.77 bits per heavy atom. The molecule has 0 amide bonds. The van der Waals surface area contributed by atoms with Crippen molar-refractivity contribution in [1.29, 1.82) is 0 Å². The maximum absolute atomic E-state index is 13.0. The Bertz CT molecular complexity index is 964. The molecular formula is C20H15Cl2NO3. The van der Waals surface area contributed by atoms with E-state index in [1.807, 2.05) is 12.1 Å². The monoisotopic (exact) mass is 387 g/mol. The molecule has 0 unspecified atom stereocenters. The van der Waals surface area contributed by atoms with Crippen molar-refractivity contribution in [1.82, 2.24) is 4.98 Å². The van der Waals surface area contributed by atoms with Crippen LogP contribution < -0.4 is 0 Å². The highest BCUT2D eigenvalue weighted by atomic mass is 35.5. The lowest BCUT2D eigenvalue weighted by Crippen LogP contribution is -2.12. The number of aromatic nitrogens is 1. The van der Waals surface area contributed by atoms with E-state index in [0.717, 1.165) is 5.56 Å².